The number of carbonyl (C=O) groups excluding carboxylic acids is 1. The van der Waals surface area contributed by atoms with Gasteiger partial charge in [-0.05, 0) is 13.3 Å². The Labute approximate surface area is 116 Å². The number of halogens is 1. The van der Waals surface area contributed by atoms with Crippen LogP contribution in [0.1, 0.15) is 39.9 Å². The third-order valence-corrected chi connectivity index (χ3v) is 4.14. The Morgan fingerprint density at radius 1 is 1.58 bits per heavy atom. The topological polar surface area (TPSA) is 66.6 Å². The number of amides is 1. The summed E-state index contributed by atoms with van der Waals surface area (Å²) in [6, 6.07) is 1.67. The fraction of sp³-hybridized carbons (Fsp3) is 0.538. The van der Waals surface area contributed by atoms with Crippen molar-refractivity contribution in [2.75, 3.05) is 4.90 Å². The summed E-state index contributed by atoms with van der Waals surface area (Å²) >= 11 is 5.85. The molecule has 1 aliphatic rings. The van der Waals surface area contributed by atoms with Crippen LogP contribution < -0.4 is 4.90 Å². The number of aliphatic hydroxyl groups is 1. The number of aromatic nitrogens is 1. The van der Waals surface area contributed by atoms with E-state index in [2.05, 4.69) is 5.16 Å². The van der Waals surface area contributed by atoms with Gasteiger partial charge in [0.1, 0.15) is 10.8 Å². The summed E-state index contributed by atoms with van der Waals surface area (Å²) in [6.45, 7) is 7.70. The Hall–Kier alpha value is -1.33. The van der Waals surface area contributed by atoms with Gasteiger partial charge in [0.05, 0.1) is 0 Å². The molecule has 1 amide bonds. The van der Waals surface area contributed by atoms with Crippen LogP contribution in [0.5, 0.6) is 0 Å². The third kappa shape index (κ3) is 2.17. The Bertz CT molecular complexity index is 548. The molecule has 0 saturated carbocycles. The zero-order chi connectivity index (χ0) is 14.4. The van der Waals surface area contributed by atoms with Crippen LogP contribution in [-0.2, 0) is 10.2 Å². The summed E-state index contributed by atoms with van der Waals surface area (Å²) in [5.74, 6) is 0.496. The van der Waals surface area contributed by atoms with Crippen molar-refractivity contribution in [2.24, 2.45) is 0 Å². The molecule has 0 bridgehead atoms. The minimum absolute atomic E-state index is 0.0341. The maximum atomic E-state index is 11.9. The summed E-state index contributed by atoms with van der Waals surface area (Å²) in [5, 5.41) is 13.9. The van der Waals surface area contributed by atoms with E-state index < -0.39 is 12.1 Å². The van der Waals surface area contributed by atoms with Crippen LogP contribution in [0.3, 0.4) is 0 Å². The van der Waals surface area contributed by atoms with Crippen LogP contribution in [0.25, 0.3) is 0 Å². The highest BCUT2D eigenvalue weighted by Gasteiger charge is 2.38. The molecule has 1 atom stereocenters. The fourth-order valence-corrected chi connectivity index (χ4v) is 1.98. The molecule has 2 rings (SSSR count). The first-order valence-corrected chi connectivity index (χ1v) is 6.52. The molecule has 1 aromatic heterocycles. The molecule has 0 spiro atoms. The number of carbonyl (C=O) groups is 1. The van der Waals surface area contributed by atoms with Crippen molar-refractivity contribution >= 4 is 23.3 Å². The zero-order valence-electron chi connectivity index (χ0n) is 11.4. The van der Waals surface area contributed by atoms with Gasteiger partial charge >= 0.3 is 0 Å². The van der Waals surface area contributed by atoms with Crippen LogP contribution in [-0.4, -0.2) is 22.4 Å². The molecule has 1 aliphatic heterocycles. The van der Waals surface area contributed by atoms with E-state index in [9.17, 15) is 9.90 Å². The standard InChI is InChI=1S/C13H17ClN2O3/c1-5-13(3,4)8-6-9(15-19-8)16-11(17)7(2)10(14)12(16)18/h6,11,17H,5H2,1-4H3. The van der Waals surface area contributed by atoms with E-state index in [4.69, 9.17) is 16.1 Å². The molecule has 0 aliphatic carbocycles. The molecule has 19 heavy (non-hydrogen) atoms. The normalized spacial score (nSPS) is 20.6. The highest BCUT2D eigenvalue weighted by Crippen LogP contribution is 2.34. The highest BCUT2D eigenvalue weighted by molar-refractivity contribution is 6.45. The summed E-state index contributed by atoms with van der Waals surface area (Å²) in [4.78, 5) is 13.1. The first-order chi connectivity index (χ1) is 8.79. The van der Waals surface area contributed by atoms with Crippen LogP contribution in [0.2, 0.25) is 0 Å². The predicted octanol–water partition coefficient (Wildman–Crippen LogP) is 2.54. The van der Waals surface area contributed by atoms with Crippen molar-refractivity contribution in [3.63, 3.8) is 0 Å². The van der Waals surface area contributed by atoms with Crippen molar-refractivity contribution < 1.29 is 14.4 Å². The largest absolute Gasteiger partial charge is 0.369 e. The number of aliphatic hydroxyl groups excluding tert-OH is 1. The fourth-order valence-electron chi connectivity index (χ4n) is 1.79. The van der Waals surface area contributed by atoms with E-state index in [1.165, 1.54) is 0 Å². The van der Waals surface area contributed by atoms with Gasteiger partial charge in [0.15, 0.2) is 12.0 Å². The lowest BCUT2D eigenvalue weighted by Gasteiger charge is -2.19. The van der Waals surface area contributed by atoms with E-state index in [0.29, 0.717) is 11.3 Å². The van der Waals surface area contributed by atoms with Gasteiger partial charge < -0.3 is 9.63 Å². The Kier molecular flexibility index (Phi) is 3.45. The minimum atomic E-state index is -1.08. The highest BCUT2D eigenvalue weighted by atomic mass is 35.5. The van der Waals surface area contributed by atoms with E-state index in [0.717, 1.165) is 11.3 Å². The van der Waals surface area contributed by atoms with Gasteiger partial charge in [0, 0.05) is 17.1 Å². The summed E-state index contributed by atoms with van der Waals surface area (Å²) in [5.41, 5.74) is 0.247. The van der Waals surface area contributed by atoms with Crippen molar-refractivity contribution in [1.82, 2.24) is 5.16 Å². The average molecular weight is 285 g/mol. The number of hydrogen-bond donors (Lipinski definition) is 1. The number of nitrogens with zero attached hydrogens (tertiary/aromatic N) is 2. The van der Waals surface area contributed by atoms with Gasteiger partial charge in [-0.1, -0.05) is 37.5 Å². The van der Waals surface area contributed by atoms with Crippen LogP contribution >= 0.6 is 11.6 Å². The molecule has 104 valence electrons. The van der Waals surface area contributed by atoms with Gasteiger partial charge in [-0.15, -0.1) is 0 Å². The van der Waals surface area contributed by atoms with E-state index in [1.54, 1.807) is 13.0 Å². The molecule has 1 N–H and O–H groups in total. The predicted molar refractivity (Wildman–Crippen MR) is 71.9 cm³/mol. The minimum Gasteiger partial charge on any atom is -0.369 e. The quantitative estimate of drug-likeness (QED) is 0.926. The Morgan fingerprint density at radius 3 is 2.68 bits per heavy atom. The molecule has 6 heteroatoms. The molecule has 0 saturated heterocycles. The Balaban J connectivity index is 2.33. The van der Waals surface area contributed by atoms with Gasteiger partial charge in [-0.3, -0.25) is 9.69 Å². The molecule has 2 heterocycles. The van der Waals surface area contributed by atoms with Crippen LogP contribution in [0, 0.1) is 0 Å². The number of anilines is 1. The SMILES string of the molecule is CCC(C)(C)c1cc(N2C(=O)C(Cl)=C(C)C2O)no1. The molecule has 0 fully saturated rings. The molecular weight excluding hydrogens is 268 g/mol. The van der Waals surface area contributed by atoms with E-state index >= 15 is 0 Å². The van der Waals surface area contributed by atoms with E-state index in [1.807, 2.05) is 20.8 Å². The van der Waals surface area contributed by atoms with E-state index in [-0.39, 0.29) is 16.3 Å². The molecule has 1 aromatic rings. The average Bonchev–Trinajstić information content (AvgIpc) is 2.92. The maximum absolute atomic E-state index is 11.9. The summed E-state index contributed by atoms with van der Waals surface area (Å²) in [6.07, 6.45) is -0.210. The summed E-state index contributed by atoms with van der Waals surface area (Å²) in [7, 11) is 0. The number of hydrogen-bond acceptors (Lipinski definition) is 4. The van der Waals surface area contributed by atoms with Crippen molar-refractivity contribution in [2.45, 2.75) is 45.8 Å². The molecule has 0 aromatic carbocycles. The van der Waals surface area contributed by atoms with Gasteiger partial charge in [-0.2, -0.15) is 0 Å². The third-order valence-electron chi connectivity index (χ3n) is 3.68. The number of rotatable bonds is 3. The van der Waals surface area contributed by atoms with Gasteiger partial charge in [0.2, 0.25) is 0 Å². The van der Waals surface area contributed by atoms with Crippen LogP contribution in [0.4, 0.5) is 5.82 Å². The molecule has 0 radical (unpaired) electrons. The van der Waals surface area contributed by atoms with Crippen molar-refractivity contribution in [3.8, 4) is 0 Å². The van der Waals surface area contributed by atoms with Gasteiger partial charge in [-0.25, -0.2) is 0 Å². The smallest absolute Gasteiger partial charge is 0.273 e. The van der Waals surface area contributed by atoms with Crippen LogP contribution in [0.15, 0.2) is 21.2 Å². The zero-order valence-corrected chi connectivity index (χ0v) is 12.2. The lowest BCUT2D eigenvalue weighted by Crippen LogP contribution is -2.35. The second-order valence-electron chi connectivity index (χ2n) is 5.33. The lowest BCUT2D eigenvalue weighted by atomic mass is 9.87. The molecular formula is C13H17ClN2O3. The lowest BCUT2D eigenvalue weighted by molar-refractivity contribution is -0.115. The second-order valence-corrected chi connectivity index (χ2v) is 5.71. The van der Waals surface area contributed by atoms with Crippen molar-refractivity contribution in [1.29, 1.82) is 0 Å². The van der Waals surface area contributed by atoms with Crippen molar-refractivity contribution in [3.05, 3.63) is 22.4 Å². The van der Waals surface area contributed by atoms with Gasteiger partial charge in [0.25, 0.3) is 5.91 Å². The Morgan fingerprint density at radius 2 is 2.21 bits per heavy atom. The molecule has 1 unspecified atom stereocenters. The first-order valence-electron chi connectivity index (χ1n) is 6.14. The molecule has 5 nitrogen and oxygen atoms in total. The summed E-state index contributed by atoms with van der Waals surface area (Å²) < 4.78 is 5.28. The second kappa shape index (κ2) is 4.65. The maximum Gasteiger partial charge on any atom is 0.273 e. The monoisotopic (exact) mass is 284 g/mol. The first kappa shape index (κ1) is 14.1.